The van der Waals surface area contributed by atoms with Crippen molar-refractivity contribution < 1.29 is 9.90 Å². The van der Waals surface area contributed by atoms with Gasteiger partial charge in [0, 0.05) is 19.6 Å². The van der Waals surface area contributed by atoms with Crippen molar-refractivity contribution >= 4 is 18.3 Å². The fourth-order valence-corrected chi connectivity index (χ4v) is 3.03. The number of hydrogen-bond acceptors (Lipinski definition) is 3. The fraction of sp³-hybridized carbons (Fsp3) is 0.611. The van der Waals surface area contributed by atoms with Gasteiger partial charge in [-0.05, 0) is 38.3 Å². The Labute approximate surface area is 145 Å². The second-order valence-corrected chi connectivity index (χ2v) is 6.57. The maximum Gasteiger partial charge on any atom is 0.230 e. The predicted octanol–water partition coefficient (Wildman–Crippen LogP) is 2.60. The van der Waals surface area contributed by atoms with E-state index in [1.165, 1.54) is 0 Å². The third kappa shape index (κ3) is 5.48. The van der Waals surface area contributed by atoms with E-state index in [4.69, 9.17) is 0 Å². The molecule has 2 N–H and O–H groups in total. The molecule has 5 heteroatoms. The van der Waals surface area contributed by atoms with Crippen LogP contribution in [0.15, 0.2) is 30.3 Å². The Kier molecular flexibility index (Phi) is 8.03. The van der Waals surface area contributed by atoms with Gasteiger partial charge in [-0.3, -0.25) is 4.79 Å². The molecule has 0 aromatic heterocycles. The number of nitrogens with zero attached hydrogens (tertiary/aromatic N) is 1. The second kappa shape index (κ2) is 9.26. The van der Waals surface area contributed by atoms with Gasteiger partial charge in [0.1, 0.15) is 0 Å². The highest BCUT2D eigenvalue weighted by Crippen LogP contribution is 2.29. The number of halogens is 1. The van der Waals surface area contributed by atoms with Gasteiger partial charge in [-0.15, -0.1) is 12.4 Å². The zero-order valence-electron chi connectivity index (χ0n) is 14.1. The molecule has 0 spiro atoms. The van der Waals surface area contributed by atoms with Crippen LogP contribution < -0.4 is 5.32 Å². The summed E-state index contributed by atoms with van der Waals surface area (Å²) in [4.78, 5) is 14.9. The Balaban J connectivity index is 0.00000264. The molecule has 1 heterocycles. The van der Waals surface area contributed by atoms with Gasteiger partial charge in [-0.25, -0.2) is 0 Å². The molecule has 1 saturated heterocycles. The first kappa shape index (κ1) is 19.9. The summed E-state index contributed by atoms with van der Waals surface area (Å²) in [5, 5.41) is 13.4. The summed E-state index contributed by atoms with van der Waals surface area (Å²) >= 11 is 0. The molecule has 0 aliphatic carbocycles. The maximum absolute atomic E-state index is 13.1. The molecule has 1 amide bonds. The molecule has 4 nitrogen and oxygen atoms in total. The summed E-state index contributed by atoms with van der Waals surface area (Å²) in [6.07, 6.45) is 2.13. The average molecular weight is 341 g/mol. The number of nitrogens with one attached hydrogen (secondary N) is 1. The summed E-state index contributed by atoms with van der Waals surface area (Å²) in [6.45, 7) is 6.65. The topological polar surface area (TPSA) is 52.6 Å². The van der Waals surface area contributed by atoms with E-state index in [2.05, 4.69) is 5.32 Å². The number of carbonyl (C=O) groups is 1. The monoisotopic (exact) mass is 340 g/mol. The molecule has 0 radical (unpaired) electrons. The van der Waals surface area contributed by atoms with E-state index in [-0.39, 0.29) is 23.7 Å². The van der Waals surface area contributed by atoms with Crippen molar-refractivity contribution in [3.63, 3.8) is 0 Å². The van der Waals surface area contributed by atoms with E-state index < -0.39 is 6.10 Å². The van der Waals surface area contributed by atoms with E-state index in [0.717, 1.165) is 31.5 Å². The molecule has 1 aliphatic heterocycles. The molecule has 2 atom stereocenters. The summed E-state index contributed by atoms with van der Waals surface area (Å²) in [6, 6.07) is 10.00. The molecule has 1 aromatic rings. The van der Waals surface area contributed by atoms with E-state index >= 15 is 0 Å². The first-order chi connectivity index (χ1) is 10.5. The Morgan fingerprint density at radius 1 is 1.39 bits per heavy atom. The summed E-state index contributed by atoms with van der Waals surface area (Å²) < 4.78 is 0. The molecule has 0 saturated carbocycles. The van der Waals surface area contributed by atoms with Gasteiger partial charge in [0.2, 0.25) is 5.91 Å². The smallest absolute Gasteiger partial charge is 0.230 e. The molecular formula is C18H29ClN2O2. The van der Waals surface area contributed by atoms with Crippen LogP contribution in [0.4, 0.5) is 0 Å². The zero-order valence-corrected chi connectivity index (χ0v) is 14.9. The lowest BCUT2D eigenvalue weighted by molar-refractivity contribution is -0.144. The molecular weight excluding hydrogens is 312 g/mol. The van der Waals surface area contributed by atoms with Crippen LogP contribution in [-0.4, -0.2) is 41.7 Å². The molecule has 2 unspecified atom stereocenters. The first-order valence-electron chi connectivity index (χ1n) is 8.27. The van der Waals surface area contributed by atoms with Gasteiger partial charge in [0.05, 0.1) is 11.5 Å². The molecule has 0 bridgehead atoms. The minimum absolute atomic E-state index is 0. The van der Waals surface area contributed by atoms with Crippen molar-refractivity contribution in [2.75, 3.05) is 19.6 Å². The van der Waals surface area contributed by atoms with Crippen molar-refractivity contribution in [3.05, 3.63) is 35.9 Å². The van der Waals surface area contributed by atoms with Crippen LogP contribution >= 0.6 is 12.4 Å². The minimum Gasteiger partial charge on any atom is -0.391 e. The lowest BCUT2D eigenvalue weighted by Crippen LogP contribution is -2.51. The Hall–Kier alpha value is -1.10. The van der Waals surface area contributed by atoms with Gasteiger partial charge in [0.15, 0.2) is 0 Å². The van der Waals surface area contributed by atoms with Crippen LogP contribution in [0.2, 0.25) is 0 Å². The molecule has 1 fully saturated rings. The standard InChI is InChI=1S/C18H28N2O2.ClH/c1-3-16(21)13-20(12-15-8-5-4-6-9-15)17(22)18(2)10-7-11-19-14-18;/h4-6,8-9,16,19,21H,3,7,10-14H2,1-2H3;1H. The quantitative estimate of drug-likeness (QED) is 0.837. The summed E-state index contributed by atoms with van der Waals surface area (Å²) in [5.74, 6) is 0.149. The lowest BCUT2D eigenvalue weighted by Gasteiger charge is -2.38. The lowest BCUT2D eigenvalue weighted by atomic mass is 9.81. The van der Waals surface area contributed by atoms with Crippen molar-refractivity contribution in [3.8, 4) is 0 Å². The highest BCUT2D eigenvalue weighted by atomic mass is 35.5. The van der Waals surface area contributed by atoms with Crippen molar-refractivity contribution in [1.29, 1.82) is 0 Å². The van der Waals surface area contributed by atoms with Crippen molar-refractivity contribution in [2.45, 2.75) is 45.8 Å². The number of aliphatic hydroxyl groups is 1. The SMILES string of the molecule is CCC(O)CN(Cc1ccccc1)C(=O)C1(C)CCCNC1.Cl. The van der Waals surface area contributed by atoms with E-state index in [0.29, 0.717) is 19.5 Å². The number of carbonyl (C=O) groups excluding carboxylic acids is 1. The number of rotatable bonds is 6. The number of aliphatic hydroxyl groups excluding tert-OH is 1. The van der Waals surface area contributed by atoms with Crippen molar-refractivity contribution in [1.82, 2.24) is 10.2 Å². The Morgan fingerprint density at radius 3 is 2.65 bits per heavy atom. The van der Waals surface area contributed by atoms with Crippen LogP contribution in [0.5, 0.6) is 0 Å². The van der Waals surface area contributed by atoms with E-state index in [9.17, 15) is 9.90 Å². The number of piperidine rings is 1. The van der Waals surface area contributed by atoms with Crippen LogP contribution in [0.25, 0.3) is 0 Å². The predicted molar refractivity (Wildman–Crippen MR) is 95.6 cm³/mol. The van der Waals surface area contributed by atoms with Crippen LogP contribution in [0.3, 0.4) is 0 Å². The van der Waals surface area contributed by atoms with E-state index in [1.807, 2.05) is 49.1 Å². The number of amides is 1. The van der Waals surface area contributed by atoms with Crippen molar-refractivity contribution in [2.24, 2.45) is 5.41 Å². The van der Waals surface area contributed by atoms with Gasteiger partial charge < -0.3 is 15.3 Å². The van der Waals surface area contributed by atoms with Crippen LogP contribution in [0.1, 0.15) is 38.7 Å². The molecule has 23 heavy (non-hydrogen) atoms. The van der Waals surface area contributed by atoms with Gasteiger partial charge >= 0.3 is 0 Å². The number of hydrogen-bond donors (Lipinski definition) is 2. The molecule has 1 aliphatic rings. The molecule has 2 rings (SSSR count). The highest BCUT2D eigenvalue weighted by molar-refractivity contribution is 5.85. The Bertz CT molecular complexity index is 475. The zero-order chi connectivity index (χ0) is 16.0. The van der Waals surface area contributed by atoms with E-state index in [1.54, 1.807) is 0 Å². The third-order valence-corrected chi connectivity index (χ3v) is 4.52. The van der Waals surface area contributed by atoms with Crippen LogP contribution in [-0.2, 0) is 11.3 Å². The third-order valence-electron chi connectivity index (χ3n) is 4.52. The maximum atomic E-state index is 13.1. The van der Waals surface area contributed by atoms with Crippen LogP contribution in [0, 0.1) is 5.41 Å². The van der Waals surface area contributed by atoms with Gasteiger partial charge in [-0.2, -0.15) is 0 Å². The van der Waals surface area contributed by atoms with Gasteiger partial charge in [-0.1, -0.05) is 37.3 Å². The summed E-state index contributed by atoms with van der Waals surface area (Å²) in [7, 11) is 0. The Morgan fingerprint density at radius 2 is 2.09 bits per heavy atom. The largest absolute Gasteiger partial charge is 0.391 e. The normalized spacial score (nSPS) is 22.0. The molecule has 130 valence electrons. The number of benzene rings is 1. The average Bonchev–Trinajstić information content (AvgIpc) is 2.55. The summed E-state index contributed by atoms with van der Waals surface area (Å²) in [5.41, 5.74) is 0.743. The fourth-order valence-electron chi connectivity index (χ4n) is 3.03. The minimum atomic E-state index is -0.465. The second-order valence-electron chi connectivity index (χ2n) is 6.57. The molecule has 1 aromatic carbocycles. The highest BCUT2D eigenvalue weighted by Gasteiger charge is 2.38. The van der Waals surface area contributed by atoms with Gasteiger partial charge in [0.25, 0.3) is 0 Å². The first-order valence-corrected chi connectivity index (χ1v) is 8.27.